The molecule has 1 heterocycles. The summed E-state index contributed by atoms with van der Waals surface area (Å²) in [5.41, 5.74) is 8.20. The van der Waals surface area contributed by atoms with Crippen molar-refractivity contribution in [3.8, 4) is 5.88 Å². The lowest BCUT2D eigenvalue weighted by Gasteiger charge is -2.15. The van der Waals surface area contributed by atoms with E-state index in [9.17, 15) is 26.3 Å². The van der Waals surface area contributed by atoms with E-state index in [0.29, 0.717) is 6.07 Å². The molecule has 0 radical (unpaired) electrons. The third kappa shape index (κ3) is 3.57. The molecule has 1 rings (SSSR count). The Morgan fingerprint density at radius 1 is 1.11 bits per heavy atom. The summed E-state index contributed by atoms with van der Waals surface area (Å²) >= 11 is 0. The summed E-state index contributed by atoms with van der Waals surface area (Å²) in [4.78, 5) is 3.05. The van der Waals surface area contributed by atoms with Gasteiger partial charge in [-0.1, -0.05) is 0 Å². The lowest BCUT2D eigenvalue weighted by molar-refractivity contribution is -0.159. The Morgan fingerprint density at radius 2 is 1.67 bits per heavy atom. The Hall–Kier alpha value is -1.87. The molecular weight excluding hydrogens is 268 g/mol. The molecule has 0 bridgehead atoms. The summed E-state index contributed by atoms with van der Waals surface area (Å²) in [5.74, 6) is -1.80. The molecule has 0 spiro atoms. The highest BCUT2D eigenvalue weighted by molar-refractivity contribution is 5.61. The number of nitrogens with two attached hydrogens (primary N) is 2. The number of hydrogen-bond donors (Lipinski definition) is 2. The van der Waals surface area contributed by atoms with E-state index < -0.39 is 41.9 Å². The summed E-state index contributed by atoms with van der Waals surface area (Å²) < 4.78 is 77.0. The number of alkyl halides is 6. The first-order valence-electron chi connectivity index (χ1n) is 4.33. The first-order chi connectivity index (χ1) is 8.00. The highest BCUT2D eigenvalue weighted by atomic mass is 19.4. The van der Waals surface area contributed by atoms with Crippen molar-refractivity contribution in [2.24, 2.45) is 0 Å². The van der Waals surface area contributed by atoms with Crippen molar-refractivity contribution in [1.29, 1.82) is 0 Å². The SMILES string of the molecule is Nc1cc(C(F)(F)F)c(OCC(F)(F)F)nc1N. The molecule has 4 N–H and O–H groups in total. The number of nitrogen functional groups attached to an aromatic ring is 2. The van der Waals surface area contributed by atoms with Crippen LogP contribution in [0.1, 0.15) is 5.56 Å². The number of nitrogens with zero attached hydrogens (tertiary/aromatic N) is 1. The molecule has 0 aliphatic heterocycles. The van der Waals surface area contributed by atoms with Crippen molar-refractivity contribution >= 4 is 11.5 Å². The fraction of sp³-hybridized carbons (Fsp3) is 0.375. The second kappa shape index (κ2) is 4.42. The molecule has 1 aromatic heterocycles. The van der Waals surface area contributed by atoms with Gasteiger partial charge in [-0.3, -0.25) is 0 Å². The molecule has 18 heavy (non-hydrogen) atoms. The maximum absolute atomic E-state index is 12.5. The number of hydrogen-bond acceptors (Lipinski definition) is 4. The number of anilines is 2. The number of ether oxygens (including phenoxy) is 1. The zero-order chi connectivity index (χ0) is 14.1. The van der Waals surface area contributed by atoms with Crippen LogP contribution in [-0.2, 0) is 6.18 Å². The highest BCUT2D eigenvalue weighted by Crippen LogP contribution is 2.38. The van der Waals surface area contributed by atoms with Crippen LogP contribution in [0, 0.1) is 0 Å². The maximum atomic E-state index is 12.5. The van der Waals surface area contributed by atoms with Gasteiger partial charge in [-0.15, -0.1) is 0 Å². The standard InChI is InChI=1S/C8H7F6N3O/c9-7(10,11)2-18-6-3(8(12,13)14)1-4(15)5(16)17-6/h1H,2,15H2,(H2,16,17). The third-order valence-corrected chi connectivity index (χ3v) is 1.73. The van der Waals surface area contributed by atoms with Crippen LogP contribution in [0.2, 0.25) is 0 Å². The van der Waals surface area contributed by atoms with Gasteiger partial charge in [0.1, 0.15) is 5.56 Å². The summed E-state index contributed by atoms with van der Waals surface area (Å²) in [6, 6.07) is 0.369. The Balaban J connectivity index is 3.13. The van der Waals surface area contributed by atoms with E-state index in [0.717, 1.165) is 0 Å². The maximum Gasteiger partial charge on any atom is 0.422 e. The van der Waals surface area contributed by atoms with Crippen LogP contribution in [0.4, 0.5) is 37.8 Å². The van der Waals surface area contributed by atoms with Gasteiger partial charge in [0.15, 0.2) is 12.4 Å². The van der Waals surface area contributed by atoms with Crippen molar-refractivity contribution in [3.05, 3.63) is 11.6 Å². The minimum absolute atomic E-state index is 0.369. The van der Waals surface area contributed by atoms with Gasteiger partial charge in [-0.2, -0.15) is 31.3 Å². The lowest BCUT2D eigenvalue weighted by Crippen LogP contribution is -2.22. The molecule has 0 aliphatic carbocycles. The van der Waals surface area contributed by atoms with Gasteiger partial charge >= 0.3 is 12.4 Å². The van der Waals surface area contributed by atoms with Gasteiger partial charge < -0.3 is 16.2 Å². The van der Waals surface area contributed by atoms with E-state index in [-0.39, 0.29) is 0 Å². The molecular formula is C8H7F6N3O. The molecule has 0 saturated carbocycles. The van der Waals surface area contributed by atoms with Gasteiger partial charge in [-0.05, 0) is 6.07 Å². The molecule has 4 nitrogen and oxygen atoms in total. The zero-order valence-electron chi connectivity index (χ0n) is 8.56. The molecule has 0 saturated heterocycles. The summed E-state index contributed by atoms with van der Waals surface area (Å²) in [5, 5.41) is 0. The number of rotatable bonds is 2. The van der Waals surface area contributed by atoms with Crippen LogP contribution in [0.25, 0.3) is 0 Å². The van der Waals surface area contributed by atoms with Gasteiger partial charge in [-0.25, -0.2) is 0 Å². The second-order valence-electron chi connectivity index (χ2n) is 3.22. The highest BCUT2D eigenvalue weighted by Gasteiger charge is 2.38. The van der Waals surface area contributed by atoms with E-state index in [2.05, 4.69) is 9.72 Å². The van der Waals surface area contributed by atoms with E-state index in [1.54, 1.807) is 0 Å². The minimum atomic E-state index is -4.95. The van der Waals surface area contributed by atoms with Crippen LogP contribution >= 0.6 is 0 Å². The lowest BCUT2D eigenvalue weighted by atomic mass is 10.2. The topological polar surface area (TPSA) is 74.2 Å². The van der Waals surface area contributed by atoms with Crippen LogP contribution < -0.4 is 16.2 Å². The largest absolute Gasteiger partial charge is 0.468 e. The number of aromatic nitrogens is 1. The Morgan fingerprint density at radius 3 is 2.11 bits per heavy atom. The molecule has 0 amide bonds. The Kier molecular flexibility index (Phi) is 3.49. The smallest absolute Gasteiger partial charge is 0.422 e. The van der Waals surface area contributed by atoms with Crippen molar-refractivity contribution in [1.82, 2.24) is 4.98 Å². The van der Waals surface area contributed by atoms with Crippen LogP contribution in [0.3, 0.4) is 0 Å². The predicted molar refractivity (Wildman–Crippen MR) is 49.6 cm³/mol. The molecule has 1 aromatic rings. The molecule has 102 valence electrons. The Labute approximate surface area is 96.5 Å². The van der Waals surface area contributed by atoms with Crippen molar-refractivity contribution in [2.75, 3.05) is 18.1 Å². The van der Waals surface area contributed by atoms with E-state index in [1.165, 1.54) is 0 Å². The van der Waals surface area contributed by atoms with E-state index >= 15 is 0 Å². The van der Waals surface area contributed by atoms with Crippen LogP contribution in [0.15, 0.2) is 6.07 Å². The molecule has 0 fully saturated rings. The fourth-order valence-corrected chi connectivity index (χ4v) is 0.989. The summed E-state index contributed by atoms with van der Waals surface area (Å²) in [7, 11) is 0. The van der Waals surface area contributed by atoms with Crippen LogP contribution in [-0.4, -0.2) is 17.8 Å². The molecule has 10 heteroatoms. The van der Waals surface area contributed by atoms with Crippen molar-refractivity contribution < 1.29 is 31.1 Å². The molecule has 0 aromatic carbocycles. The van der Waals surface area contributed by atoms with E-state index in [4.69, 9.17) is 11.5 Å². The van der Waals surface area contributed by atoms with Gasteiger partial charge in [0, 0.05) is 0 Å². The molecule has 0 atom stereocenters. The first kappa shape index (κ1) is 14.2. The van der Waals surface area contributed by atoms with Crippen LogP contribution in [0.5, 0.6) is 5.88 Å². The predicted octanol–water partition coefficient (Wildman–Crippen LogP) is 2.21. The molecule has 0 unspecified atom stereocenters. The molecule has 0 aliphatic rings. The summed E-state index contributed by atoms with van der Waals surface area (Å²) in [6.07, 6.45) is -9.74. The first-order valence-corrected chi connectivity index (χ1v) is 4.33. The average molecular weight is 275 g/mol. The Bertz CT molecular complexity index is 442. The van der Waals surface area contributed by atoms with Gasteiger partial charge in [0.25, 0.3) is 0 Å². The van der Waals surface area contributed by atoms with Crippen molar-refractivity contribution in [3.63, 3.8) is 0 Å². The minimum Gasteiger partial charge on any atom is -0.468 e. The third-order valence-electron chi connectivity index (χ3n) is 1.73. The zero-order valence-corrected chi connectivity index (χ0v) is 8.56. The van der Waals surface area contributed by atoms with E-state index in [1.807, 2.05) is 0 Å². The number of halogens is 6. The second-order valence-corrected chi connectivity index (χ2v) is 3.22. The van der Waals surface area contributed by atoms with Gasteiger partial charge in [0.05, 0.1) is 5.69 Å². The number of pyridine rings is 1. The van der Waals surface area contributed by atoms with Gasteiger partial charge in [0.2, 0.25) is 5.88 Å². The fourth-order valence-electron chi connectivity index (χ4n) is 0.989. The van der Waals surface area contributed by atoms with Crippen molar-refractivity contribution in [2.45, 2.75) is 12.4 Å². The normalized spacial score (nSPS) is 12.6. The quantitative estimate of drug-likeness (QED) is 0.811. The summed E-state index contributed by atoms with van der Waals surface area (Å²) in [6.45, 7) is -1.91. The monoisotopic (exact) mass is 275 g/mol. The average Bonchev–Trinajstić information content (AvgIpc) is 2.16.